The van der Waals surface area contributed by atoms with Crippen LogP contribution >= 0.6 is 26.0 Å². The molecule has 0 radical (unpaired) electrons. The van der Waals surface area contributed by atoms with Gasteiger partial charge in [0.2, 0.25) is 0 Å². The zero-order valence-corrected chi connectivity index (χ0v) is 28.3. The van der Waals surface area contributed by atoms with Crippen LogP contribution in [0.1, 0.15) is 26.3 Å². The number of aromatic nitrogens is 6. The normalized spacial score (nSPS) is 34.8. The Hall–Kier alpha value is -3.31. The second-order valence-electron chi connectivity index (χ2n) is 11.1. The number of nitrogen functional groups attached to an aromatic ring is 1. The lowest BCUT2D eigenvalue weighted by Crippen LogP contribution is -2.38. The summed E-state index contributed by atoms with van der Waals surface area (Å²) in [5, 5.41) is 0. The lowest BCUT2D eigenvalue weighted by molar-refractivity contribution is -0.236. The SMILES string of the molecule is CC(C)OC(=O)OCSP1(=O)OC[C@H]2O[C@@H](n3ccc(=O)[nH]c3=O)[C@H](OP(=O)([O-])OC[C@H]3O[C@@H](n4cnc5c(N)ncnc54)[C@H](F)[C@@H]3O1)[C@@H]2F. The fraction of sp³-hybridized carbons (Fsp3) is 0.583. The van der Waals surface area contributed by atoms with E-state index in [1.807, 2.05) is 4.98 Å². The van der Waals surface area contributed by atoms with E-state index in [2.05, 4.69) is 15.0 Å². The molecule has 3 aliphatic heterocycles. The maximum absolute atomic E-state index is 16.3. The van der Waals surface area contributed by atoms with Crippen LogP contribution in [0.25, 0.3) is 11.2 Å². The van der Waals surface area contributed by atoms with Gasteiger partial charge in [-0.3, -0.25) is 32.5 Å². The van der Waals surface area contributed by atoms with Crippen LogP contribution in [0.15, 0.2) is 34.5 Å². The Labute approximate surface area is 282 Å². The first-order chi connectivity index (χ1) is 23.6. The molecule has 10 atom stereocenters. The Bertz CT molecular complexity index is 1950. The number of fused-ring (bicyclic) bond motifs is 4. The number of anilines is 1. The lowest BCUT2D eigenvalue weighted by atomic mass is 10.1. The number of halogens is 2. The molecule has 0 amide bonds. The van der Waals surface area contributed by atoms with Crippen LogP contribution in [-0.4, -0.2) is 97.2 Å². The highest BCUT2D eigenvalue weighted by Crippen LogP contribution is 2.63. The molecule has 3 aromatic heterocycles. The monoisotopic (exact) mass is 770 g/mol. The quantitative estimate of drug-likeness (QED) is 0.201. The molecular weight excluding hydrogens is 742 g/mol. The third-order valence-corrected chi connectivity index (χ3v) is 11.6. The van der Waals surface area contributed by atoms with Crippen LogP contribution in [0.2, 0.25) is 0 Å². The van der Waals surface area contributed by atoms with Gasteiger partial charge in [0.15, 0.2) is 42.2 Å². The van der Waals surface area contributed by atoms with Gasteiger partial charge < -0.3 is 38.6 Å². The number of ether oxygens (including phenoxy) is 4. The summed E-state index contributed by atoms with van der Waals surface area (Å²) in [7, 11) is -5.54. The van der Waals surface area contributed by atoms with Crippen molar-refractivity contribution < 1.29 is 64.6 Å². The molecule has 21 nitrogen and oxygen atoms in total. The molecular formula is C24H28F2N7O14P2S-. The Morgan fingerprint density at radius 1 is 1.08 bits per heavy atom. The van der Waals surface area contributed by atoms with Crippen LogP contribution in [0.3, 0.4) is 0 Å². The van der Waals surface area contributed by atoms with Crippen molar-refractivity contribution in [3.8, 4) is 0 Å². The maximum atomic E-state index is 16.3. The van der Waals surface area contributed by atoms with Crippen molar-refractivity contribution in [2.45, 2.75) is 69.2 Å². The van der Waals surface area contributed by atoms with Crippen molar-refractivity contribution in [3.63, 3.8) is 0 Å². The molecule has 0 saturated carbocycles. The molecule has 6 rings (SSSR count). The smallest absolute Gasteiger partial charge is 0.509 e. The third kappa shape index (κ3) is 7.64. The van der Waals surface area contributed by atoms with Crippen molar-refractivity contribution in [1.82, 2.24) is 29.1 Å². The number of nitrogens with one attached hydrogen (secondary N) is 1. The highest BCUT2D eigenvalue weighted by atomic mass is 32.7. The number of alkyl halides is 2. The number of phosphoric acid groups is 1. The van der Waals surface area contributed by atoms with E-state index >= 15 is 8.78 Å². The van der Waals surface area contributed by atoms with E-state index in [9.17, 15) is 28.4 Å². The number of nitrogens with zero attached hydrogens (tertiary/aromatic N) is 5. The van der Waals surface area contributed by atoms with Gasteiger partial charge in [0, 0.05) is 23.6 Å². The average molecular weight is 771 g/mol. The number of rotatable bonds is 6. The minimum atomic E-state index is -5.54. The van der Waals surface area contributed by atoms with E-state index in [0.717, 1.165) is 29.5 Å². The molecule has 0 aromatic carbocycles. The number of H-pyrrole nitrogens is 1. The summed E-state index contributed by atoms with van der Waals surface area (Å²) in [5.74, 6) is -0.772. The fourth-order valence-corrected chi connectivity index (χ4v) is 8.84. The summed E-state index contributed by atoms with van der Waals surface area (Å²) in [6, 6.07) is 0.888. The number of imidazole rings is 1. The average Bonchev–Trinajstić information content (AvgIpc) is 3.69. The van der Waals surface area contributed by atoms with Gasteiger partial charge in [-0.2, -0.15) is 0 Å². The molecule has 2 unspecified atom stereocenters. The zero-order valence-electron chi connectivity index (χ0n) is 25.7. The second kappa shape index (κ2) is 14.4. The van der Waals surface area contributed by atoms with E-state index in [4.69, 9.17) is 42.8 Å². The van der Waals surface area contributed by atoms with E-state index in [-0.39, 0.29) is 28.4 Å². The zero-order chi connectivity index (χ0) is 36.0. The maximum Gasteiger partial charge on any atom is 0.509 e. The van der Waals surface area contributed by atoms with Gasteiger partial charge in [0.25, 0.3) is 13.4 Å². The predicted molar refractivity (Wildman–Crippen MR) is 161 cm³/mol. The van der Waals surface area contributed by atoms with Gasteiger partial charge in [-0.05, 0) is 13.8 Å². The molecule has 3 saturated heterocycles. The van der Waals surface area contributed by atoms with Crippen LogP contribution in [0.4, 0.5) is 19.4 Å². The lowest BCUT2D eigenvalue weighted by Gasteiger charge is -2.31. The van der Waals surface area contributed by atoms with E-state index in [1.54, 1.807) is 13.8 Å². The molecule has 3 N–H and O–H groups in total. The summed E-state index contributed by atoms with van der Waals surface area (Å²) in [4.78, 5) is 63.0. The minimum absolute atomic E-state index is 0.0230. The summed E-state index contributed by atoms with van der Waals surface area (Å²) >= 11 is 0.242. The van der Waals surface area contributed by atoms with Crippen LogP contribution in [0.5, 0.6) is 0 Å². The topological polar surface area (TPSA) is 273 Å². The first-order valence-electron chi connectivity index (χ1n) is 14.5. The van der Waals surface area contributed by atoms with Gasteiger partial charge in [-0.25, -0.2) is 37.9 Å². The van der Waals surface area contributed by atoms with Crippen LogP contribution < -0.4 is 21.9 Å². The number of hydrogen-bond acceptors (Lipinski definition) is 19. The highest BCUT2D eigenvalue weighted by Gasteiger charge is 2.54. The molecule has 274 valence electrons. The summed E-state index contributed by atoms with van der Waals surface area (Å²) in [6.07, 6.45) is -14.2. The summed E-state index contributed by atoms with van der Waals surface area (Å²) < 4.78 is 103. The number of nitrogens with two attached hydrogens (primary N) is 1. The highest BCUT2D eigenvalue weighted by molar-refractivity contribution is 8.55. The summed E-state index contributed by atoms with van der Waals surface area (Å²) in [6.45, 7) is -3.65. The molecule has 3 fully saturated rings. The van der Waals surface area contributed by atoms with Gasteiger partial charge >= 0.3 is 18.6 Å². The second-order valence-corrected chi connectivity index (χ2v) is 16.4. The largest absolute Gasteiger partial charge is 0.756 e. The molecule has 3 aromatic rings. The number of phosphoric ester groups is 1. The summed E-state index contributed by atoms with van der Waals surface area (Å²) in [5.41, 5.74) is 4.02. The van der Waals surface area contributed by atoms with Crippen molar-refractivity contribution in [3.05, 3.63) is 45.8 Å². The van der Waals surface area contributed by atoms with Crippen molar-refractivity contribution in [1.29, 1.82) is 0 Å². The molecule has 2 bridgehead atoms. The van der Waals surface area contributed by atoms with Gasteiger partial charge in [-0.15, -0.1) is 0 Å². The van der Waals surface area contributed by atoms with Crippen molar-refractivity contribution >= 4 is 49.1 Å². The molecule has 6 heterocycles. The van der Waals surface area contributed by atoms with Crippen molar-refractivity contribution in [2.75, 3.05) is 24.9 Å². The van der Waals surface area contributed by atoms with E-state index in [0.29, 0.717) is 4.57 Å². The number of carbonyl (C=O) groups excluding carboxylic acids is 1. The first-order valence-corrected chi connectivity index (χ1v) is 19.1. The first kappa shape index (κ1) is 36.5. The van der Waals surface area contributed by atoms with Gasteiger partial charge in [0.05, 0.1) is 25.6 Å². The molecule has 0 spiro atoms. The van der Waals surface area contributed by atoms with Crippen molar-refractivity contribution in [2.24, 2.45) is 0 Å². The van der Waals surface area contributed by atoms with Crippen LogP contribution in [-0.2, 0) is 46.2 Å². The van der Waals surface area contributed by atoms with Crippen LogP contribution in [0, 0.1) is 0 Å². The molecule has 0 aliphatic carbocycles. The number of hydrogen-bond donors (Lipinski definition) is 2. The van der Waals surface area contributed by atoms with Gasteiger partial charge in [0.1, 0.15) is 36.3 Å². The Kier molecular flexibility index (Phi) is 10.5. The molecule has 26 heteroatoms. The minimum Gasteiger partial charge on any atom is -0.756 e. The van der Waals surface area contributed by atoms with E-state index < -0.39 is 106 Å². The standard InChI is InChI=1S/C24H29F2N7O14P2S/c1-10(2)43-24(36)40-9-50-49(39)42-5-11-14(25)18(22(44-11)32-4-3-13(34)31-23(32)35)46-48(37,38)41-6-12-17(47-49)15(26)21(45-12)33-8-30-16-19(27)28-7-29-20(16)33/h3-4,7-8,10-12,14-15,17-18,21-22H,5-6,9H2,1-2H3,(H,37,38)(H2,27,28,29)(H,31,34,35)/p-1/t11-,12-,14-,15-,17-,18-,21-,22-,49?/m1/s1. The Morgan fingerprint density at radius 3 is 2.56 bits per heavy atom. The Morgan fingerprint density at radius 2 is 1.82 bits per heavy atom. The fourth-order valence-electron chi connectivity index (χ4n) is 5.15. The molecule has 3 aliphatic rings. The number of aromatic amines is 1. The van der Waals surface area contributed by atoms with Gasteiger partial charge in [-0.1, -0.05) is 0 Å². The van der Waals surface area contributed by atoms with E-state index in [1.165, 1.54) is 0 Å². The molecule has 50 heavy (non-hydrogen) atoms. The predicted octanol–water partition coefficient (Wildman–Crippen LogP) is 1.08. The number of carbonyl (C=O) groups is 1. The third-order valence-electron chi connectivity index (χ3n) is 7.33. The Balaban J connectivity index is 1.33.